The zero-order chi connectivity index (χ0) is 13.1. The van der Waals surface area contributed by atoms with Gasteiger partial charge in [0.05, 0.1) is 0 Å². The monoisotopic (exact) mass is 286 g/mol. The minimum Gasteiger partial charge on any atom is -0.347 e. The van der Waals surface area contributed by atoms with Gasteiger partial charge in [0, 0.05) is 17.6 Å². The molecule has 0 bridgehead atoms. The standard InChI is InChI=1S/C14H19FN2O.ClH/c1-9-7-8-16-10(2)13(9)17-14(18)11-3-5-12(15)6-4-11;/h3-6,9-10,13,16H,7-8H2,1-2H3,(H,17,18);1H. The Bertz CT molecular complexity index is 414. The third kappa shape index (κ3) is 3.91. The van der Waals surface area contributed by atoms with Crippen LogP contribution in [0.15, 0.2) is 24.3 Å². The van der Waals surface area contributed by atoms with E-state index in [1.807, 2.05) is 0 Å². The van der Waals surface area contributed by atoms with Gasteiger partial charge in [-0.25, -0.2) is 4.39 Å². The Kier molecular flexibility index (Phi) is 5.76. The summed E-state index contributed by atoms with van der Waals surface area (Å²) in [5.74, 6) is -0.0133. The van der Waals surface area contributed by atoms with Crippen LogP contribution in [0.4, 0.5) is 4.39 Å². The number of piperidine rings is 1. The van der Waals surface area contributed by atoms with E-state index in [0.717, 1.165) is 13.0 Å². The number of rotatable bonds is 2. The highest BCUT2D eigenvalue weighted by Gasteiger charge is 2.28. The molecular weight excluding hydrogens is 267 g/mol. The molecule has 19 heavy (non-hydrogen) atoms. The number of amides is 1. The van der Waals surface area contributed by atoms with Crippen molar-refractivity contribution in [2.45, 2.75) is 32.4 Å². The van der Waals surface area contributed by atoms with Crippen molar-refractivity contribution in [1.29, 1.82) is 0 Å². The van der Waals surface area contributed by atoms with Crippen molar-refractivity contribution in [3.05, 3.63) is 35.6 Å². The highest BCUT2D eigenvalue weighted by atomic mass is 35.5. The smallest absolute Gasteiger partial charge is 0.251 e. The second-order valence-corrected chi connectivity index (χ2v) is 5.01. The minimum absolute atomic E-state index is 0. The molecule has 1 aliphatic heterocycles. The van der Waals surface area contributed by atoms with Crippen LogP contribution in [0.5, 0.6) is 0 Å². The zero-order valence-corrected chi connectivity index (χ0v) is 12.0. The summed E-state index contributed by atoms with van der Waals surface area (Å²) in [6.07, 6.45) is 1.05. The Labute approximate surface area is 119 Å². The Morgan fingerprint density at radius 3 is 2.53 bits per heavy atom. The van der Waals surface area contributed by atoms with Gasteiger partial charge in [0.25, 0.3) is 5.91 Å². The van der Waals surface area contributed by atoms with Gasteiger partial charge in [-0.1, -0.05) is 6.92 Å². The predicted octanol–water partition coefficient (Wildman–Crippen LogP) is 2.36. The fourth-order valence-electron chi connectivity index (χ4n) is 2.44. The first-order valence-corrected chi connectivity index (χ1v) is 6.37. The molecule has 3 unspecified atom stereocenters. The predicted molar refractivity (Wildman–Crippen MR) is 76.1 cm³/mol. The van der Waals surface area contributed by atoms with E-state index in [-0.39, 0.29) is 36.2 Å². The molecule has 2 rings (SSSR count). The van der Waals surface area contributed by atoms with Crippen molar-refractivity contribution < 1.29 is 9.18 Å². The average molecular weight is 287 g/mol. The first kappa shape index (κ1) is 15.9. The van der Waals surface area contributed by atoms with Crippen molar-refractivity contribution in [1.82, 2.24) is 10.6 Å². The summed E-state index contributed by atoms with van der Waals surface area (Å²) in [5.41, 5.74) is 0.501. The maximum absolute atomic E-state index is 12.8. The molecule has 1 aliphatic rings. The van der Waals surface area contributed by atoms with Crippen LogP contribution < -0.4 is 10.6 Å². The van der Waals surface area contributed by atoms with Gasteiger partial charge >= 0.3 is 0 Å². The fraction of sp³-hybridized carbons (Fsp3) is 0.500. The molecule has 0 spiro atoms. The fourth-order valence-corrected chi connectivity index (χ4v) is 2.44. The molecule has 2 N–H and O–H groups in total. The van der Waals surface area contributed by atoms with E-state index in [9.17, 15) is 9.18 Å². The Hall–Kier alpha value is -1.13. The number of benzene rings is 1. The van der Waals surface area contributed by atoms with Gasteiger partial charge in [0.2, 0.25) is 0 Å². The van der Waals surface area contributed by atoms with E-state index in [4.69, 9.17) is 0 Å². The van der Waals surface area contributed by atoms with Crippen molar-refractivity contribution in [3.8, 4) is 0 Å². The summed E-state index contributed by atoms with van der Waals surface area (Å²) in [6.45, 7) is 5.21. The molecule has 5 heteroatoms. The van der Waals surface area contributed by atoms with Gasteiger partial charge in [-0.2, -0.15) is 0 Å². The first-order valence-electron chi connectivity index (χ1n) is 6.37. The van der Waals surface area contributed by atoms with Gasteiger partial charge < -0.3 is 10.6 Å². The molecule has 0 radical (unpaired) electrons. The summed E-state index contributed by atoms with van der Waals surface area (Å²) in [7, 11) is 0. The van der Waals surface area contributed by atoms with Crippen LogP contribution >= 0.6 is 12.4 Å². The van der Waals surface area contributed by atoms with E-state index < -0.39 is 0 Å². The van der Waals surface area contributed by atoms with Crippen molar-refractivity contribution >= 4 is 18.3 Å². The topological polar surface area (TPSA) is 41.1 Å². The summed E-state index contributed by atoms with van der Waals surface area (Å²) < 4.78 is 12.8. The molecule has 0 aliphatic carbocycles. The second kappa shape index (κ2) is 6.87. The summed E-state index contributed by atoms with van der Waals surface area (Å²) in [6, 6.07) is 6.02. The molecule has 1 saturated heterocycles. The first-order chi connectivity index (χ1) is 8.58. The second-order valence-electron chi connectivity index (χ2n) is 5.01. The normalized spacial score (nSPS) is 26.4. The molecule has 1 aromatic rings. The van der Waals surface area contributed by atoms with E-state index >= 15 is 0 Å². The lowest BCUT2D eigenvalue weighted by molar-refractivity contribution is 0.0897. The lowest BCUT2D eigenvalue weighted by atomic mass is 9.89. The number of halogens is 2. The zero-order valence-electron chi connectivity index (χ0n) is 11.2. The van der Waals surface area contributed by atoms with Crippen LogP contribution in [0.1, 0.15) is 30.6 Å². The minimum atomic E-state index is -0.326. The lowest BCUT2D eigenvalue weighted by Gasteiger charge is -2.36. The highest BCUT2D eigenvalue weighted by Crippen LogP contribution is 2.16. The molecule has 1 amide bonds. The molecule has 1 aromatic carbocycles. The van der Waals surface area contributed by atoms with E-state index in [2.05, 4.69) is 24.5 Å². The molecule has 1 heterocycles. The van der Waals surface area contributed by atoms with Crippen LogP contribution in [0, 0.1) is 11.7 Å². The quantitative estimate of drug-likeness (QED) is 0.876. The number of nitrogens with one attached hydrogen (secondary N) is 2. The largest absolute Gasteiger partial charge is 0.347 e. The molecule has 0 saturated carbocycles. The molecule has 0 aromatic heterocycles. The van der Waals surface area contributed by atoms with Crippen LogP contribution in [0.3, 0.4) is 0 Å². The Morgan fingerprint density at radius 1 is 1.32 bits per heavy atom. The summed E-state index contributed by atoms with van der Waals surface area (Å²) in [4.78, 5) is 12.1. The van der Waals surface area contributed by atoms with Crippen LogP contribution in [-0.4, -0.2) is 24.5 Å². The van der Waals surface area contributed by atoms with Crippen molar-refractivity contribution in [3.63, 3.8) is 0 Å². The molecule has 3 nitrogen and oxygen atoms in total. The summed E-state index contributed by atoms with van der Waals surface area (Å²) in [5, 5.41) is 6.38. The van der Waals surface area contributed by atoms with Crippen LogP contribution in [0.25, 0.3) is 0 Å². The van der Waals surface area contributed by atoms with Gasteiger partial charge in [0.15, 0.2) is 0 Å². The maximum Gasteiger partial charge on any atom is 0.251 e. The number of carbonyl (C=O) groups is 1. The van der Waals surface area contributed by atoms with E-state index in [0.29, 0.717) is 11.5 Å². The highest BCUT2D eigenvalue weighted by molar-refractivity contribution is 5.94. The van der Waals surface area contributed by atoms with E-state index in [1.165, 1.54) is 24.3 Å². The number of hydrogen-bond acceptors (Lipinski definition) is 2. The van der Waals surface area contributed by atoms with E-state index in [1.54, 1.807) is 0 Å². The third-order valence-corrected chi connectivity index (χ3v) is 3.62. The molecule has 1 fully saturated rings. The maximum atomic E-state index is 12.8. The van der Waals surface area contributed by atoms with Crippen molar-refractivity contribution in [2.24, 2.45) is 5.92 Å². The van der Waals surface area contributed by atoms with Gasteiger partial charge in [-0.3, -0.25) is 4.79 Å². The lowest BCUT2D eigenvalue weighted by Crippen LogP contribution is -2.55. The summed E-state index contributed by atoms with van der Waals surface area (Å²) >= 11 is 0. The van der Waals surface area contributed by atoms with Crippen LogP contribution in [-0.2, 0) is 0 Å². The SMILES string of the molecule is CC1CCNC(C)C1NC(=O)c1ccc(F)cc1.Cl. The van der Waals surface area contributed by atoms with Crippen LogP contribution in [0.2, 0.25) is 0 Å². The molecular formula is C14H20ClFN2O. The van der Waals surface area contributed by atoms with Gasteiger partial charge in [0.1, 0.15) is 5.82 Å². The van der Waals surface area contributed by atoms with Gasteiger partial charge in [-0.15, -0.1) is 12.4 Å². The molecule has 106 valence electrons. The Balaban J connectivity index is 0.00000180. The number of carbonyl (C=O) groups excluding carboxylic acids is 1. The Morgan fingerprint density at radius 2 is 1.95 bits per heavy atom. The van der Waals surface area contributed by atoms with Crippen molar-refractivity contribution in [2.75, 3.05) is 6.54 Å². The van der Waals surface area contributed by atoms with Gasteiger partial charge in [-0.05, 0) is 50.1 Å². The number of hydrogen-bond donors (Lipinski definition) is 2. The third-order valence-electron chi connectivity index (χ3n) is 3.62. The average Bonchev–Trinajstić information content (AvgIpc) is 2.34. The molecule has 3 atom stereocenters.